The van der Waals surface area contributed by atoms with Crippen molar-refractivity contribution in [3.8, 4) is 11.5 Å². The van der Waals surface area contributed by atoms with Crippen LogP contribution in [0.4, 0.5) is 5.69 Å². The Labute approximate surface area is 204 Å². The molecule has 0 aromatic heterocycles. The third-order valence-electron chi connectivity index (χ3n) is 5.45. The van der Waals surface area contributed by atoms with Crippen molar-refractivity contribution in [3.05, 3.63) is 82.9 Å². The lowest BCUT2D eigenvalue weighted by Gasteiger charge is -2.25. The monoisotopic (exact) mass is 500 g/mol. The van der Waals surface area contributed by atoms with Gasteiger partial charge in [-0.1, -0.05) is 35.4 Å². The van der Waals surface area contributed by atoms with Gasteiger partial charge in [0, 0.05) is 5.02 Å². The van der Waals surface area contributed by atoms with E-state index in [1.807, 2.05) is 26.0 Å². The maximum Gasteiger partial charge on any atom is 0.264 e. The van der Waals surface area contributed by atoms with Crippen molar-refractivity contribution in [2.24, 2.45) is 0 Å². The largest absolute Gasteiger partial charge is 0.486 e. The van der Waals surface area contributed by atoms with Gasteiger partial charge in [0.2, 0.25) is 5.91 Å². The second kappa shape index (κ2) is 9.95. The molecule has 4 rings (SSSR count). The zero-order valence-corrected chi connectivity index (χ0v) is 20.4. The van der Waals surface area contributed by atoms with Gasteiger partial charge in [0.15, 0.2) is 11.5 Å². The van der Waals surface area contributed by atoms with Crippen LogP contribution >= 0.6 is 11.6 Å². The lowest BCUT2D eigenvalue weighted by Crippen LogP contribution is -2.41. The molecule has 1 aliphatic rings. The van der Waals surface area contributed by atoms with Crippen molar-refractivity contribution in [2.75, 3.05) is 24.1 Å². The molecule has 0 fully saturated rings. The summed E-state index contributed by atoms with van der Waals surface area (Å²) >= 11 is 5.93. The van der Waals surface area contributed by atoms with E-state index in [2.05, 4.69) is 5.32 Å². The Morgan fingerprint density at radius 1 is 1.00 bits per heavy atom. The number of nitrogens with one attached hydrogen (secondary N) is 1. The summed E-state index contributed by atoms with van der Waals surface area (Å²) in [6.45, 7) is 4.31. The third-order valence-corrected chi connectivity index (χ3v) is 7.49. The van der Waals surface area contributed by atoms with Crippen molar-refractivity contribution in [3.63, 3.8) is 0 Å². The van der Waals surface area contributed by atoms with E-state index in [0.29, 0.717) is 35.4 Å². The summed E-state index contributed by atoms with van der Waals surface area (Å²) in [6.07, 6.45) is 0. The van der Waals surface area contributed by atoms with Gasteiger partial charge in [0.25, 0.3) is 10.0 Å². The lowest BCUT2D eigenvalue weighted by atomic mass is 10.1. The molecular weight excluding hydrogens is 476 g/mol. The number of fused-ring (bicyclic) bond motifs is 1. The van der Waals surface area contributed by atoms with Crippen molar-refractivity contribution in [1.29, 1.82) is 0 Å². The predicted octanol–water partition coefficient (Wildman–Crippen LogP) is 4.49. The number of anilines is 1. The van der Waals surface area contributed by atoms with Gasteiger partial charge in [-0.2, -0.15) is 0 Å². The van der Waals surface area contributed by atoms with E-state index in [1.54, 1.807) is 30.3 Å². The van der Waals surface area contributed by atoms with Crippen LogP contribution in [0.3, 0.4) is 0 Å². The molecule has 1 N–H and O–H groups in total. The molecule has 3 aromatic carbocycles. The number of halogens is 1. The summed E-state index contributed by atoms with van der Waals surface area (Å²) in [4.78, 5) is 13.1. The number of nitrogens with zero attached hydrogens (tertiary/aromatic N) is 1. The Kier molecular flexibility index (Phi) is 7.00. The van der Waals surface area contributed by atoms with Crippen LogP contribution in [0, 0.1) is 6.92 Å². The zero-order chi connectivity index (χ0) is 24.3. The molecule has 0 saturated carbocycles. The van der Waals surface area contributed by atoms with Gasteiger partial charge in [0.05, 0.1) is 16.6 Å². The first kappa shape index (κ1) is 23.9. The molecule has 1 aliphatic heterocycles. The smallest absolute Gasteiger partial charge is 0.264 e. The number of rotatable bonds is 7. The van der Waals surface area contributed by atoms with Gasteiger partial charge >= 0.3 is 0 Å². The fourth-order valence-electron chi connectivity index (χ4n) is 3.59. The molecule has 9 heteroatoms. The molecule has 3 aromatic rings. The number of ether oxygens (including phenoxy) is 2. The molecule has 0 saturated heterocycles. The topological polar surface area (TPSA) is 84.9 Å². The minimum absolute atomic E-state index is 0.0464. The maximum atomic E-state index is 13.5. The molecule has 0 radical (unpaired) electrons. The Morgan fingerprint density at radius 3 is 2.32 bits per heavy atom. The number of hydrogen-bond donors (Lipinski definition) is 1. The second-order valence-electron chi connectivity index (χ2n) is 7.99. The number of aryl methyl sites for hydroxylation is 1. The summed E-state index contributed by atoms with van der Waals surface area (Å²) in [7, 11) is -4.01. The summed E-state index contributed by atoms with van der Waals surface area (Å²) < 4.78 is 39.2. The molecule has 0 bridgehead atoms. The first-order valence-electron chi connectivity index (χ1n) is 10.8. The molecule has 7 nitrogen and oxygen atoms in total. The molecule has 178 valence electrons. The molecular formula is C25H25ClN2O5S. The van der Waals surface area contributed by atoms with Gasteiger partial charge in [-0.25, -0.2) is 8.42 Å². The number of sulfonamides is 1. The van der Waals surface area contributed by atoms with Crippen molar-refractivity contribution >= 4 is 33.2 Å². The van der Waals surface area contributed by atoms with E-state index < -0.39 is 15.9 Å². The Balaban J connectivity index is 1.56. The Morgan fingerprint density at radius 2 is 1.65 bits per heavy atom. The van der Waals surface area contributed by atoms with Crippen LogP contribution in [-0.2, 0) is 14.8 Å². The van der Waals surface area contributed by atoms with Gasteiger partial charge < -0.3 is 14.8 Å². The number of carbonyl (C=O) groups is 1. The summed E-state index contributed by atoms with van der Waals surface area (Å²) in [5, 5.41) is 3.31. The highest BCUT2D eigenvalue weighted by Gasteiger charge is 2.28. The fraction of sp³-hybridized carbons (Fsp3) is 0.240. The molecule has 0 unspecified atom stereocenters. The minimum Gasteiger partial charge on any atom is -0.486 e. The van der Waals surface area contributed by atoms with Crippen LogP contribution in [0.15, 0.2) is 71.6 Å². The third kappa shape index (κ3) is 5.29. The first-order chi connectivity index (χ1) is 16.2. The highest BCUT2D eigenvalue weighted by molar-refractivity contribution is 7.92. The average Bonchev–Trinajstić information content (AvgIpc) is 2.83. The number of hydrogen-bond acceptors (Lipinski definition) is 5. The average molecular weight is 501 g/mol. The molecule has 0 aliphatic carbocycles. The summed E-state index contributed by atoms with van der Waals surface area (Å²) in [5.74, 6) is 0.838. The first-order valence-corrected chi connectivity index (χ1v) is 12.6. The molecule has 1 amide bonds. The van der Waals surface area contributed by atoms with Crippen LogP contribution in [0.2, 0.25) is 5.02 Å². The fourth-order valence-corrected chi connectivity index (χ4v) is 5.14. The standard InChI is InChI=1S/C25H25ClN2O5S/c1-17-3-8-21(9-4-17)28(34(30,31)22-10-6-20(26)7-11-22)16-25(29)27-18(2)19-5-12-23-24(15-19)33-14-13-32-23/h3-12,15,18H,13-14,16H2,1-2H3,(H,27,29)/t18-/m0/s1. The molecule has 34 heavy (non-hydrogen) atoms. The van der Waals surface area contributed by atoms with Crippen molar-refractivity contribution in [1.82, 2.24) is 5.32 Å². The van der Waals surface area contributed by atoms with Crippen LogP contribution < -0.4 is 19.1 Å². The SMILES string of the molecule is Cc1ccc(N(CC(=O)N[C@@H](C)c2ccc3c(c2)OCCO3)S(=O)(=O)c2ccc(Cl)cc2)cc1. The van der Waals surface area contributed by atoms with Gasteiger partial charge in [-0.15, -0.1) is 0 Å². The lowest BCUT2D eigenvalue weighted by molar-refractivity contribution is -0.120. The normalized spacial score (nSPS) is 13.7. The second-order valence-corrected chi connectivity index (χ2v) is 10.3. The number of amides is 1. The van der Waals surface area contributed by atoms with E-state index in [-0.39, 0.29) is 17.5 Å². The zero-order valence-electron chi connectivity index (χ0n) is 18.8. The number of carbonyl (C=O) groups excluding carboxylic acids is 1. The van der Waals surface area contributed by atoms with Gasteiger partial charge in [0.1, 0.15) is 19.8 Å². The van der Waals surface area contributed by atoms with E-state index >= 15 is 0 Å². The van der Waals surface area contributed by atoms with Crippen LogP contribution in [0.5, 0.6) is 11.5 Å². The van der Waals surface area contributed by atoms with E-state index in [9.17, 15) is 13.2 Å². The number of benzene rings is 3. The van der Waals surface area contributed by atoms with E-state index in [4.69, 9.17) is 21.1 Å². The van der Waals surface area contributed by atoms with Crippen LogP contribution in [0.25, 0.3) is 0 Å². The highest BCUT2D eigenvalue weighted by Crippen LogP contribution is 2.32. The molecule has 0 spiro atoms. The van der Waals surface area contributed by atoms with Gasteiger partial charge in [-0.3, -0.25) is 9.10 Å². The van der Waals surface area contributed by atoms with Crippen molar-refractivity contribution < 1.29 is 22.7 Å². The maximum absolute atomic E-state index is 13.5. The van der Waals surface area contributed by atoms with E-state index in [0.717, 1.165) is 15.4 Å². The Hall–Kier alpha value is -3.23. The van der Waals surface area contributed by atoms with E-state index in [1.165, 1.54) is 24.3 Å². The van der Waals surface area contributed by atoms with Crippen LogP contribution in [0.1, 0.15) is 24.1 Å². The minimum atomic E-state index is -4.01. The summed E-state index contributed by atoms with van der Waals surface area (Å²) in [5.41, 5.74) is 2.19. The van der Waals surface area contributed by atoms with Gasteiger partial charge in [-0.05, 0) is 67.9 Å². The molecule has 1 heterocycles. The summed E-state index contributed by atoms with van der Waals surface area (Å²) in [6, 6.07) is 17.9. The van der Waals surface area contributed by atoms with Crippen molar-refractivity contribution in [2.45, 2.75) is 24.8 Å². The highest BCUT2D eigenvalue weighted by atomic mass is 35.5. The predicted molar refractivity (Wildman–Crippen MR) is 131 cm³/mol. The van der Waals surface area contributed by atoms with Crippen LogP contribution in [-0.4, -0.2) is 34.1 Å². The molecule has 1 atom stereocenters. The quantitative estimate of drug-likeness (QED) is 0.516. The Bertz CT molecular complexity index is 1280.